The van der Waals surface area contributed by atoms with E-state index in [1.807, 2.05) is 0 Å². The van der Waals surface area contributed by atoms with E-state index in [-0.39, 0.29) is 0 Å². The van der Waals surface area contributed by atoms with Crippen LogP contribution in [0, 0.1) is 0 Å². The molecule has 0 radical (unpaired) electrons. The Hall–Kier alpha value is -0.720. The first-order valence-corrected chi connectivity index (χ1v) is 4.11. The highest BCUT2D eigenvalue weighted by Gasteiger charge is 2.20. The highest BCUT2D eigenvalue weighted by Crippen LogP contribution is 2.05. The fraction of sp³-hybridized carbons (Fsp3) is 0.500. The van der Waals surface area contributed by atoms with E-state index in [1.54, 1.807) is 0 Å². The molecule has 1 N–H and O–H groups in total. The fourth-order valence-electron chi connectivity index (χ4n) is 0.539. The zero-order chi connectivity index (χ0) is 9.78. The molecule has 5 nitrogen and oxygen atoms in total. The summed E-state index contributed by atoms with van der Waals surface area (Å²) < 4.78 is 24.5. The quantitative estimate of drug-likeness (QED) is 0.381. The summed E-state index contributed by atoms with van der Waals surface area (Å²) in [6, 6.07) is 0. The summed E-state index contributed by atoms with van der Waals surface area (Å²) in [6.07, 6.45) is 1.03. The van der Waals surface area contributed by atoms with Gasteiger partial charge in [-0.2, -0.15) is 0 Å². The van der Waals surface area contributed by atoms with Gasteiger partial charge in [0.1, 0.15) is 5.72 Å². The molecule has 1 amide bonds. The van der Waals surface area contributed by atoms with Gasteiger partial charge in [0.25, 0.3) is 0 Å². The van der Waals surface area contributed by atoms with Crippen LogP contribution in [-0.4, -0.2) is 20.4 Å². The molecule has 0 saturated heterocycles. The maximum absolute atomic E-state index is 10.7. The molecule has 0 fully saturated rings. The maximum atomic E-state index is 10.7. The number of rotatable bonds is 4. The van der Waals surface area contributed by atoms with Gasteiger partial charge in [-0.25, -0.2) is 4.21 Å². The molecule has 0 rings (SSSR count). The van der Waals surface area contributed by atoms with E-state index < -0.39 is 23.0 Å². The standard InChI is InChI=1S/C6H11NO4S/c1-4-5(8)7-6(2,3)11-12(9)10/h4H,1H2,2-3H3,(H,7,8)(H,9,10)/p-1. The van der Waals surface area contributed by atoms with Crippen molar-refractivity contribution < 1.29 is 17.7 Å². The molecule has 6 heteroatoms. The van der Waals surface area contributed by atoms with Crippen molar-refractivity contribution in [3.63, 3.8) is 0 Å². The number of hydrogen-bond donors (Lipinski definition) is 1. The second kappa shape index (κ2) is 4.34. The van der Waals surface area contributed by atoms with Gasteiger partial charge in [-0.3, -0.25) is 8.98 Å². The van der Waals surface area contributed by atoms with E-state index in [0.29, 0.717) is 0 Å². The number of nitrogens with one attached hydrogen (secondary N) is 1. The third-order valence-electron chi connectivity index (χ3n) is 0.886. The van der Waals surface area contributed by atoms with Gasteiger partial charge in [0.2, 0.25) is 5.91 Å². The first kappa shape index (κ1) is 11.3. The van der Waals surface area contributed by atoms with Crippen LogP contribution in [0.3, 0.4) is 0 Å². The zero-order valence-corrected chi connectivity index (χ0v) is 7.64. The SMILES string of the molecule is C=CC(=O)NC(C)(C)OS(=O)[O-]. The molecule has 0 aliphatic heterocycles. The second-order valence-corrected chi connectivity index (χ2v) is 3.07. The third kappa shape index (κ3) is 5.00. The molecule has 0 aromatic carbocycles. The lowest BCUT2D eigenvalue weighted by Crippen LogP contribution is -2.45. The van der Waals surface area contributed by atoms with E-state index in [9.17, 15) is 13.6 Å². The van der Waals surface area contributed by atoms with Crippen molar-refractivity contribution in [2.45, 2.75) is 19.6 Å². The minimum absolute atomic E-state index is 0.495. The van der Waals surface area contributed by atoms with Crippen LogP contribution in [0.4, 0.5) is 0 Å². The van der Waals surface area contributed by atoms with E-state index in [4.69, 9.17) is 0 Å². The van der Waals surface area contributed by atoms with Crippen LogP contribution >= 0.6 is 0 Å². The van der Waals surface area contributed by atoms with Crippen molar-refractivity contribution in [2.75, 3.05) is 0 Å². The molecule has 0 heterocycles. The van der Waals surface area contributed by atoms with Gasteiger partial charge in [0.15, 0.2) is 0 Å². The van der Waals surface area contributed by atoms with E-state index in [1.165, 1.54) is 13.8 Å². The monoisotopic (exact) mass is 192 g/mol. The molecule has 70 valence electrons. The largest absolute Gasteiger partial charge is 0.750 e. The van der Waals surface area contributed by atoms with Gasteiger partial charge in [-0.1, -0.05) is 6.58 Å². The van der Waals surface area contributed by atoms with Crippen LogP contribution < -0.4 is 5.32 Å². The summed E-state index contributed by atoms with van der Waals surface area (Å²) in [5, 5.41) is 2.26. The van der Waals surface area contributed by atoms with Gasteiger partial charge >= 0.3 is 0 Å². The Morgan fingerprint density at radius 2 is 2.25 bits per heavy atom. The maximum Gasteiger partial charge on any atom is 0.245 e. The number of amides is 1. The second-order valence-electron chi connectivity index (χ2n) is 2.49. The smallest absolute Gasteiger partial charge is 0.245 e. The lowest BCUT2D eigenvalue weighted by molar-refractivity contribution is -0.121. The van der Waals surface area contributed by atoms with Crippen molar-refractivity contribution in [3.05, 3.63) is 12.7 Å². The first-order chi connectivity index (χ1) is 5.37. The van der Waals surface area contributed by atoms with Crippen LogP contribution in [0.25, 0.3) is 0 Å². The molecule has 1 unspecified atom stereocenters. The zero-order valence-electron chi connectivity index (χ0n) is 6.83. The van der Waals surface area contributed by atoms with Crippen molar-refractivity contribution in [3.8, 4) is 0 Å². The third-order valence-corrected chi connectivity index (χ3v) is 1.44. The van der Waals surface area contributed by atoms with Gasteiger partial charge in [-0.15, -0.1) is 0 Å². The Morgan fingerprint density at radius 3 is 2.58 bits per heavy atom. The van der Waals surface area contributed by atoms with Gasteiger partial charge in [0.05, 0.1) is 11.4 Å². The lowest BCUT2D eigenvalue weighted by Gasteiger charge is -2.25. The van der Waals surface area contributed by atoms with E-state index in [2.05, 4.69) is 16.1 Å². The fourth-order valence-corrected chi connectivity index (χ4v) is 0.921. The highest BCUT2D eigenvalue weighted by atomic mass is 32.2. The highest BCUT2D eigenvalue weighted by molar-refractivity contribution is 7.74. The molecule has 0 spiro atoms. The molecule has 12 heavy (non-hydrogen) atoms. The van der Waals surface area contributed by atoms with Crippen molar-refractivity contribution in [2.24, 2.45) is 0 Å². The molecular formula is C6H10NO4S-. The molecule has 0 bridgehead atoms. The average molecular weight is 192 g/mol. The van der Waals surface area contributed by atoms with Crippen LogP contribution in [0.1, 0.15) is 13.8 Å². The van der Waals surface area contributed by atoms with E-state index >= 15 is 0 Å². The van der Waals surface area contributed by atoms with Crippen LogP contribution in [0.5, 0.6) is 0 Å². The summed E-state index contributed by atoms with van der Waals surface area (Å²) >= 11 is -2.65. The van der Waals surface area contributed by atoms with Gasteiger partial charge < -0.3 is 9.87 Å². The summed E-state index contributed by atoms with van der Waals surface area (Å²) in [5.41, 5.74) is -1.24. The lowest BCUT2D eigenvalue weighted by atomic mass is 10.3. The molecule has 0 aliphatic carbocycles. The number of carbonyl (C=O) groups excluding carboxylic acids is 1. The first-order valence-electron chi connectivity index (χ1n) is 3.11. The summed E-state index contributed by atoms with van der Waals surface area (Å²) in [6.45, 7) is 6.02. The Labute approximate surface area is 73.3 Å². The Balaban J connectivity index is 4.11. The van der Waals surface area contributed by atoms with Gasteiger partial charge in [-0.05, 0) is 19.9 Å². The summed E-state index contributed by atoms with van der Waals surface area (Å²) in [4.78, 5) is 10.7. The van der Waals surface area contributed by atoms with Crippen LogP contribution in [0.15, 0.2) is 12.7 Å². The predicted molar refractivity (Wildman–Crippen MR) is 42.4 cm³/mol. The van der Waals surface area contributed by atoms with E-state index in [0.717, 1.165) is 6.08 Å². The van der Waals surface area contributed by atoms with Crippen molar-refractivity contribution >= 4 is 17.3 Å². The number of hydrogen-bond acceptors (Lipinski definition) is 4. The minimum atomic E-state index is -2.65. The normalized spacial score (nSPS) is 13.6. The summed E-state index contributed by atoms with van der Waals surface area (Å²) in [7, 11) is 0. The molecule has 0 aromatic heterocycles. The van der Waals surface area contributed by atoms with Gasteiger partial charge in [0, 0.05) is 0 Å². The molecule has 0 saturated carbocycles. The molecular weight excluding hydrogens is 182 g/mol. The minimum Gasteiger partial charge on any atom is -0.750 e. The Morgan fingerprint density at radius 1 is 1.75 bits per heavy atom. The number of carbonyl (C=O) groups is 1. The Bertz CT molecular complexity index is 214. The topological polar surface area (TPSA) is 78.5 Å². The average Bonchev–Trinajstić information content (AvgIpc) is 1.83. The van der Waals surface area contributed by atoms with Crippen molar-refractivity contribution in [1.29, 1.82) is 0 Å². The molecule has 0 aliphatic rings. The molecule has 0 aromatic rings. The van der Waals surface area contributed by atoms with Crippen LogP contribution in [0.2, 0.25) is 0 Å². The summed E-state index contributed by atoms with van der Waals surface area (Å²) in [5.74, 6) is -0.495. The predicted octanol–water partition coefficient (Wildman–Crippen LogP) is -0.165. The Kier molecular flexibility index (Phi) is 4.08. The molecule has 1 atom stereocenters. The van der Waals surface area contributed by atoms with Crippen molar-refractivity contribution in [1.82, 2.24) is 5.32 Å². The van der Waals surface area contributed by atoms with Crippen LogP contribution in [-0.2, 0) is 20.3 Å².